The molecule has 24 heavy (non-hydrogen) atoms. The molecule has 3 nitrogen and oxygen atoms in total. The second-order valence-corrected chi connectivity index (χ2v) is 7.37. The van der Waals surface area contributed by atoms with E-state index in [-0.39, 0.29) is 5.91 Å². The van der Waals surface area contributed by atoms with Crippen LogP contribution in [0.2, 0.25) is 5.02 Å². The Balaban J connectivity index is 1.47. The number of rotatable bonds is 2. The van der Waals surface area contributed by atoms with Crippen molar-refractivity contribution in [2.45, 2.75) is 0 Å². The Kier molecular flexibility index (Phi) is 4.17. The topological polar surface area (TPSA) is 23.6 Å². The number of para-hydroxylation sites is 1. The quantitative estimate of drug-likeness (QED) is 0.674. The lowest BCUT2D eigenvalue weighted by atomic mass is 10.2. The minimum Gasteiger partial charge on any atom is -0.367 e. The number of amides is 1. The average Bonchev–Trinajstić information content (AvgIpc) is 3.06. The van der Waals surface area contributed by atoms with Gasteiger partial charge < -0.3 is 9.80 Å². The van der Waals surface area contributed by atoms with E-state index in [1.165, 1.54) is 0 Å². The molecule has 1 aliphatic heterocycles. The van der Waals surface area contributed by atoms with Gasteiger partial charge in [-0.05, 0) is 29.7 Å². The highest BCUT2D eigenvalue weighted by Gasteiger charge is 2.24. The fourth-order valence-corrected chi connectivity index (χ4v) is 4.39. The van der Waals surface area contributed by atoms with Crippen LogP contribution in [0.1, 0.15) is 9.67 Å². The molecule has 5 heteroatoms. The maximum absolute atomic E-state index is 12.8. The second-order valence-electron chi connectivity index (χ2n) is 5.88. The maximum Gasteiger partial charge on any atom is 0.264 e. The highest BCUT2D eigenvalue weighted by Crippen LogP contribution is 2.28. The number of nitrogens with zero attached hydrogens (tertiary/aromatic N) is 2. The highest BCUT2D eigenvalue weighted by atomic mass is 35.5. The molecule has 0 unspecified atom stereocenters. The summed E-state index contributed by atoms with van der Waals surface area (Å²) in [6.45, 7) is 3.05. The summed E-state index contributed by atoms with van der Waals surface area (Å²) in [6.07, 6.45) is 0. The van der Waals surface area contributed by atoms with E-state index in [1.807, 2.05) is 47.4 Å². The molecule has 1 saturated heterocycles. The normalized spacial score (nSPS) is 15.0. The number of benzene rings is 2. The minimum absolute atomic E-state index is 0.134. The van der Waals surface area contributed by atoms with Crippen molar-refractivity contribution in [3.63, 3.8) is 0 Å². The number of anilines is 1. The summed E-state index contributed by atoms with van der Waals surface area (Å²) in [5, 5.41) is 1.90. The predicted molar refractivity (Wildman–Crippen MR) is 101 cm³/mol. The van der Waals surface area contributed by atoms with E-state index in [9.17, 15) is 4.79 Å². The summed E-state index contributed by atoms with van der Waals surface area (Å²) in [5.74, 6) is 0.134. The van der Waals surface area contributed by atoms with Gasteiger partial charge in [0.1, 0.15) is 0 Å². The summed E-state index contributed by atoms with van der Waals surface area (Å²) in [6, 6.07) is 18.0. The van der Waals surface area contributed by atoms with Gasteiger partial charge in [0.2, 0.25) is 0 Å². The maximum atomic E-state index is 12.8. The summed E-state index contributed by atoms with van der Waals surface area (Å²) >= 11 is 7.85. The SMILES string of the molecule is O=C(c1cc2ccccc2s1)N1CCN(c2ccccc2Cl)CC1. The molecule has 1 fully saturated rings. The number of thiophene rings is 1. The lowest BCUT2D eigenvalue weighted by Gasteiger charge is -2.36. The van der Waals surface area contributed by atoms with Gasteiger partial charge in [-0.15, -0.1) is 11.3 Å². The van der Waals surface area contributed by atoms with E-state index < -0.39 is 0 Å². The number of carbonyl (C=O) groups excluding carboxylic acids is 1. The Hall–Kier alpha value is -2.04. The molecule has 0 N–H and O–H groups in total. The van der Waals surface area contributed by atoms with Gasteiger partial charge in [0.15, 0.2) is 0 Å². The Bertz CT molecular complexity index is 851. The zero-order valence-corrected chi connectivity index (χ0v) is 14.7. The molecule has 0 bridgehead atoms. The van der Waals surface area contributed by atoms with Gasteiger partial charge in [0, 0.05) is 30.9 Å². The molecule has 0 spiro atoms. The lowest BCUT2D eigenvalue weighted by Crippen LogP contribution is -2.48. The van der Waals surface area contributed by atoms with Gasteiger partial charge in [0.05, 0.1) is 15.6 Å². The van der Waals surface area contributed by atoms with Crippen molar-refractivity contribution in [2.24, 2.45) is 0 Å². The van der Waals surface area contributed by atoms with Crippen molar-refractivity contribution in [1.29, 1.82) is 0 Å². The van der Waals surface area contributed by atoms with Crippen LogP contribution in [0.15, 0.2) is 54.6 Å². The highest BCUT2D eigenvalue weighted by molar-refractivity contribution is 7.20. The van der Waals surface area contributed by atoms with E-state index in [0.717, 1.165) is 51.9 Å². The third kappa shape index (κ3) is 2.87. The summed E-state index contributed by atoms with van der Waals surface area (Å²) in [7, 11) is 0. The predicted octanol–water partition coefficient (Wildman–Crippen LogP) is 4.52. The van der Waals surface area contributed by atoms with Crippen molar-refractivity contribution >= 4 is 44.6 Å². The van der Waals surface area contributed by atoms with Crippen LogP contribution in [-0.2, 0) is 0 Å². The first-order valence-corrected chi connectivity index (χ1v) is 9.19. The zero-order chi connectivity index (χ0) is 16.5. The number of fused-ring (bicyclic) bond motifs is 1. The van der Waals surface area contributed by atoms with Crippen LogP contribution in [0.25, 0.3) is 10.1 Å². The number of carbonyl (C=O) groups is 1. The minimum atomic E-state index is 0.134. The Morgan fingerprint density at radius 1 is 0.958 bits per heavy atom. The van der Waals surface area contributed by atoms with Crippen molar-refractivity contribution in [1.82, 2.24) is 4.90 Å². The molecule has 0 atom stereocenters. The van der Waals surface area contributed by atoms with Crippen LogP contribution in [0, 0.1) is 0 Å². The fraction of sp³-hybridized carbons (Fsp3) is 0.211. The summed E-state index contributed by atoms with van der Waals surface area (Å²) in [4.78, 5) is 17.8. The van der Waals surface area contributed by atoms with E-state index in [0.29, 0.717) is 0 Å². The molecule has 0 radical (unpaired) electrons. The monoisotopic (exact) mass is 356 g/mol. The zero-order valence-electron chi connectivity index (χ0n) is 13.1. The van der Waals surface area contributed by atoms with Crippen molar-refractivity contribution < 1.29 is 4.79 Å². The Morgan fingerprint density at radius 2 is 1.67 bits per heavy atom. The molecule has 2 heterocycles. The van der Waals surface area contributed by atoms with Crippen LogP contribution in [0.4, 0.5) is 5.69 Å². The molecular formula is C19H17ClN2OS. The molecule has 1 aliphatic rings. The first-order valence-electron chi connectivity index (χ1n) is 8.00. The molecule has 2 aromatic carbocycles. The number of halogens is 1. The first kappa shape index (κ1) is 15.5. The number of hydrogen-bond donors (Lipinski definition) is 0. The molecule has 0 saturated carbocycles. The van der Waals surface area contributed by atoms with Gasteiger partial charge in [-0.25, -0.2) is 0 Å². The van der Waals surface area contributed by atoms with Gasteiger partial charge >= 0.3 is 0 Å². The average molecular weight is 357 g/mol. The molecular weight excluding hydrogens is 340 g/mol. The molecule has 1 amide bonds. The molecule has 122 valence electrons. The van der Waals surface area contributed by atoms with Crippen molar-refractivity contribution in [2.75, 3.05) is 31.1 Å². The van der Waals surface area contributed by atoms with Crippen LogP contribution in [-0.4, -0.2) is 37.0 Å². The molecule has 0 aliphatic carbocycles. The van der Waals surface area contributed by atoms with E-state index in [2.05, 4.69) is 17.0 Å². The molecule has 1 aromatic heterocycles. The van der Waals surface area contributed by atoms with Gasteiger partial charge in [-0.3, -0.25) is 4.79 Å². The third-order valence-electron chi connectivity index (χ3n) is 4.40. The van der Waals surface area contributed by atoms with Crippen LogP contribution in [0.5, 0.6) is 0 Å². The summed E-state index contributed by atoms with van der Waals surface area (Å²) in [5.41, 5.74) is 1.05. The van der Waals surface area contributed by atoms with Gasteiger partial charge in [0.25, 0.3) is 5.91 Å². The van der Waals surface area contributed by atoms with E-state index in [4.69, 9.17) is 11.6 Å². The largest absolute Gasteiger partial charge is 0.367 e. The molecule has 4 rings (SSSR count). The Morgan fingerprint density at radius 3 is 2.42 bits per heavy atom. The van der Waals surface area contributed by atoms with Crippen LogP contribution < -0.4 is 4.90 Å². The van der Waals surface area contributed by atoms with Gasteiger partial charge in [-0.2, -0.15) is 0 Å². The van der Waals surface area contributed by atoms with Crippen LogP contribution in [0.3, 0.4) is 0 Å². The smallest absolute Gasteiger partial charge is 0.264 e. The van der Waals surface area contributed by atoms with E-state index in [1.54, 1.807) is 11.3 Å². The number of piperazine rings is 1. The van der Waals surface area contributed by atoms with Crippen LogP contribution >= 0.6 is 22.9 Å². The first-order chi connectivity index (χ1) is 11.7. The molecule has 3 aromatic rings. The standard InChI is InChI=1S/C19H17ClN2OS/c20-15-6-2-3-7-16(15)21-9-11-22(12-10-21)19(23)18-13-14-5-1-4-8-17(14)24-18/h1-8,13H,9-12H2. The second kappa shape index (κ2) is 6.46. The Labute approximate surface area is 150 Å². The van der Waals surface area contributed by atoms with Gasteiger partial charge in [-0.1, -0.05) is 41.9 Å². The fourth-order valence-electron chi connectivity index (χ4n) is 3.10. The summed E-state index contributed by atoms with van der Waals surface area (Å²) < 4.78 is 1.16. The van der Waals surface area contributed by atoms with E-state index >= 15 is 0 Å². The lowest BCUT2D eigenvalue weighted by molar-refractivity contribution is 0.0752. The number of hydrogen-bond acceptors (Lipinski definition) is 3. The third-order valence-corrected chi connectivity index (χ3v) is 5.82. The van der Waals surface area contributed by atoms with Crippen molar-refractivity contribution in [3.8, 4) is 0 Å². The van der Waals surface area contributed by atoms with Crippen molar-refractivity contribution in [3.05, 3.63) is 64.5 Å².